The van der Waals surface area contributed by atoms with Gasteiger partial charge in [0.1, 0.15) is 5.75 Å². The van der Waals surface area contributed by atoms with Gasteiger partial charge in [-0.05, 0) is 17.7 Å². The lowest BCUT2D eigenvalue weighted by Crippen LogP contribution is -2.28. The van der Waals surface area contributed by atoms with Crippen LogP contribution in [0.5, 0.6) is 5.75 Å². The zero-order valence-electron chi connectivity index (χ0n) is 8.45. The predicted molar refractivity (Wildman–Crippen MR) is 54.0 cm³/mol. The van der Waals surface area contributed by atoms with Gasteiger partial charge < -0.3 is 15.8 Å². The molecular formula is C10H12F2N2O2. The third-order valence-electron chi connectivity index (χ3n) is 1.75. The number of halogens is 2. The van der Waals surface area contributed by atoms with E-state index in [9.17, 15) is 13.6 Å². The minimum absolute atomic E-state index is 0.0416. The van der Waals surface area contributed by atoms with Crippen LogP contribution in [0.1, 0.15) is 5.56 Å². The van der Waals surface area contributed by atoms with E-state index in [1.165, 1.54) is 12.1 Å². The van der Waals surface area contributed by atoms with E-state index < -0.39 is 12.5 Å². The van der Waals surface area contributed by atoms with E-state index in [1.807, 2.05) is 0 Å². The molecule has 0 aliphatic heterocycles. The minimum atomic E-state index is -2.84. The molecule has 0 aliphatic carbocycles. The molecular weight excluding hydrogens is 218 g/mol. The summed E-state index contributed by atoms with van der Waals surface area (Å²) in [6.45, 7) is -2.43. The Morgan fingerprint density at radius 3 is 2.88 bits per heavy atom. The Balaban J connectivity index is 2.50. The molecule has 1 aromatic rings. The van der Waals surface area contributed by atoms with E-state index in [4.69, 9.17) is 5.73 Å². The molecule has 0 saturated carbocycles. The molecule has 0 saturated heterocycles. The molecule has 0 aliphatic rings. The first-order valence-electron chi connectivity index (χ1n) is 4.60. The van der Waals surface area contributed by atoms with E-state index in [0.29, 0.717) is 6.54 Å². The molecule has 0 bridgehead atoms. The van der Waals surface area contributed by atoms with Crippen molar-refractivity contribution in [2.24, 2.45) is 5.73 Å². The van der Waals surface area contributed by atoms with Crippen LogP contribution in [0.3, 0.4) is 0 Å². The summed E-state index contributed by atoms with van der Waals surface area (Å²) in [5.74, 6) is -0.381. The zero-order chi connectivity index (χ0) is 12.0. The van der Waals surface area contributed by atoms with Crippen molar-refractivity contribution in [1.82, 2.24) is 5.32 Å². The summed E-state index contributed by atoms with van der Waals surface area (Å²) in [4.78, 5) is 10.4. The fourth-order valence-electron chi connectivity index (χ4n) is 1.16. The highest BCUT2D eigenvalue weighted by atomic mass is 19.3. The minimum Gasteiger partial charge on any atom is -0.435 e. The lowest BCUT2D eigenvalue weighted by atomic mass is 10.2. The highest BCUT2D eigenvalue weighted by molar-refractivity contribution is 5.75. The van der Waals surface area contributed by atoms with Gasteiger partial charge >= 0.3 is 6.61 Å². The molecule has 0 fully saturated rings. The Kier molecular flexibility index (Phi) is 4.65. The summed E-state index contributed by atoms with van der Waals surface area (Å²) in [6, 6.07) is 6.23. The Labute approximate surface area is 91.4 Å². The third kappa shape index (κ3) is 4.70. The number of ether oxygens (including phenoxy) is 1. The van der Waals surface area contributed by atoms with Gasteiger partial charge in [0, 0.05) is 6.54 Å². The van der Waals surface area contributed by atoms with E-state index in [1.54, 1.807) is 12.1 Å². The smallest absolute Gasteiger partial charge is 0.387 e. The van der Waals surface area contributed by atoms with Crippen LogP contribution in [-0.2, 0) is 11.3 Å². The molecule has 0 atom stereocenters. The summed E-state index contributed by atoms with van der Waals surface area (Å²) in [7, 11) is 0. The quantitative estimate of drug-likeness (QED) is 0.761. The lowest BCUT2D eigenvalue weighted by Gasteiger charge is -2.07. The van der Waals surface area contributed by atoms with E-state index in [-0.39, 0.29) is 12.3 Å². The van der Waals surface area contributed by atoms with Crippen molar-refractivity contribution in [3.8, 4) is 5.75 Å². The maximum absolute atomic E-state index is 11.9. The van der Waals surface area contributed by atoms with Gasteiger partial charge in [-0.3, -0.25) is 4.79 Å². The first-order chi connectivity index (χ1) is 7.58. The van der Waals surface area contributed by atoms with Crippen molar-refractivity contribution in [2.45, 2.75) is 13.2 Å². The number of carbonyl (C=O) groups excluding carboxylic acids is 1. The topological polar surface area (TPSA) is 64.4 Å². The number of benzene rings is 1. The summed E-state index contributed by atoms with van der Waals surface area (Å²) in [6.07, 6.45) is 0. The van der Waals surface area contributed by atoms with Crippen LogP contribution in [-0.4, -0.2) is 19.1 Å². The van der Waals surface area contributed by atoms with Gasteiger partial charge in [0.25, 0.3) is 0 Å². The van der Waals surface area contributed by atoms with E-state index in [2.05, 4.69) is 10.1 Å². The van der Waals surface area contributed by atoms with Crippen LogP contribution in [0.25, 0.3) is 0 Å². The van der Waals surface area contributed by atoms with Gasteiger partial charge in [0.15, 0.2) is 0 Å². The van der Waals surface area contributed by atoms with Crippen LogP contribution >= 0.6 is 0 Å². The van der Waals surface area contributed by atoms with Gasteiger partial charge in [0.05, 0.1) is 6.54 Å². The number of primary amides is 1. The second kappa shape index (κ2) is 6.02. The van der Waals surface area contributed by atoms with E-state index >= 15 is 0 Å². The van der Waals surface area contributed by atoms with Crippen molar-refractivity contribution in [1.29, 1.82) is 0 Å². The van der Waals surface area contributed by atoms with E-state index in [0.717, 1.165) is 5.56 Å². The van der Waals surface area contributed by atoms with Crippen molar-refractivity contribution in [2.75, 3.05) is 6.54 Å². The van der Waals surface area contributed by atoms with Crippen molar-refractivity contribution in [3.63, 3.8) is 0 Å². The van der Waals surface area contributed by atoms with Gasteiger partial charge in [-0.15, -0.1) is 0 Å². The average Bonchev–Trinajstić information content (AvgIpc) is 2.16. The Bertz CT molecular complexity index is 358. The maximum Gasteiger partial charge on any atom is 0.387 e. The highest BCUT2D eigenvalue weighted by Crippen LogP contribution is 2.15. The average molecular weight is 230 g/mol. The number of alkyl halides is 2. The van der Waals surface area contributed by atoms with Crippen LogP contribution in [0.4, 0.5) is 8.78 Å². The molecule has 0 radical (unpaired) electrons. The molecule has 1 amide bonds. The molecule has 6 heteroatoms. The van der Waals surface area contributed by atoms with Crippen LogP contribution in [0.15, 0.2) is 24.3 Å². The molecule has 0 aromatic heterocycles. The standard InChI is InChI=1S/C10H12F2N2O2/c11-10(12)16-8-3-1-2-7(4-8)5-14-6-9(13)15/h1-4,10,14H,5-6H2,(H2,13,15). The highest BCUT2D eigenvalue weighted by Gasteiger charge is 2.04. The van der Waals surface area contributed by atoms with Crippen molar-refractivity contribution in [3.05, 3.63) is 29.8 Å². The Morgan fingerprint density at radius 1 is 1.50 bits per heavy atom. The number of hydrogen-bond donors (Lipinski definition) is 2. The number of hydrogen-bond acceptors (Lipinski definition) is 3. The van der Waals surface area contributed by atoms with Crippen molar-refractivity contribution >= 4 is 5.91 Å². The first-order valence-corrected chi connectivity index (χ1v) is 4.60. The molecule has 4 nitrogen and oxygen atoms in total. The SMILES string of the molecule is NC(=O)CNCc1cccc(OC(F)F)c1. The summed E-state index contributed by atoms with van der Waals surface area (Å²) < 4.78 is 28.1. The van der Waals surface area contributed by atoms with Crippen LogP contribution in [0.2, 0.25) is 0 Å². The summed E-state index contributed by atoms with van der Waals surface area (Å²) in [5, 5.41) is 2.76. The summed E-state index contributed by atoms with van der Waals surface area (Å²) in [5.41, 5.74) is 5.66. The molecule has 88 valence electrons. The van der Waals surface area contributed by atoms with Gasteiger partial charge in [-0.2, -0.15) is 8.78 Å². The Hall–Kier alpha value is -1.69. The molecule has 0 unspecified atom stereocenters. The van der Waals surface area contributed by atoms with Gasteiger partial charge in [-0.1, -0.05) is 12.1 Å². The molecule has 0 spiro atoms. The second-order valence-corrected chi connectivity index (χ2v) is 3.10. The number of nitrogens with two attached hydrogens (primary N) is 1. The molecule has 1 aromatic carbocycles. The normalized spacial score (nSPS) is 10.4. The fourth-order valence-corrected chi connectivity index (χ4v) is 1.16. The van der Waals surface area contributed by atoms with Crippen LogP contribution < -0.4 is 15.8 Å². The third-order valence-corrected chi connectivity index (χ3v) is 1.75. The lowest BCUT2D eigenvalue weighted by molar-refractivity contribution is -0.117. The second-order valence-electron chi connectivity index (χ2n) is 3.10. The largest absolute Gasteiger partial charge is 0.435 e. The molecule has 3 N–H and O–H groups in total. The van der Waals surface area contributed by atoms with Crippen LogP contribution in [0, 0.1) is 0 Å². The number of nitrogens with one attached hydrogen (secondary N) is 1. The molecule has 0 heterocycles. The van der Waals surface area contributed by atoms with Gasteiger partial charge in [-0.25, -0.2) is 0 Å². The van der Waals surface area contributed by atoms with Crippen molar-refractivity contribution < 1.29 is 18.3 Å². The van der Waals surface area contributed by atoms with Gasteiger partial charge in [0.2, 0.25) is 5.91 Å². The predicted octanol–water partition coefficient (Wildman–Crippen LogP) is 0.863. The Morgan fingerprint density at radius 2 is 2.25 bits per heavy atom. The molecule has 1 rings (SSSR count). The number of rotatable bonds is 6. The maximum atomic E-state index is 11.9. The fraction of sp³-hybridized carbons (Fsp3) is 0.300. The summed E-state index contributed by atoms with van der Waals surface area (Å²) >= 11 is 0. The number of carbonyl (C=O) groups is 1. The number of amides is 1. The monoisotopic (exact) mass is 230 g/mol. The zero-order valence-corrected chi connectivity index (χ0v) is 8.45. The molecule has 16 heavy (non-hydrogen) atoms. The first kappa shape index (κ1) is 12.4.